The first-order chi connectivity index (χ1) is 14.6. The van der Waals surface area contributed by atoms with Gasteiger partial charge in [-0.15, -0.1) is 0 Å². The second-order valence-corrected chi connectivity index (χ2v) is 8.57. The molecule has 0 radical (unpaired) electrons. The number of likely N-dealkylation sites (tertiary alicyclic amines) is 1. The molecule has 0 saturated carbocycles. The largest absolute Gasteiger partial charge is 0.371 e. The van der Waals surface area contributed by atoms with Gasteiger partial charge in [-0.25, -0.2) is 0 Å². The van der Waals surface area contributed by atoms with E-state index >= 15 is 0 Å². The van der Waals surface area contributed by atoms with Crippen molar-refractivity contribution < 1.29 is 9.59 Å². The molecule has 0 aromatic heterocycles. The molecule has 158 valence electrons. The van der Waals surface area contributed by atoms with Crippen molar-refractivity contribution in [3.63, 3.8) is 0 Å². The number of para-hydroxylation sites is 1. The number of anilines is 1. The summed E-state index contributed by atoms with van der Waals surface area (Å²) in [6.07, 6.45) is 4.09. The molecule has 4 rings (SSSR count). The van der Waals surface area contributed by atoms with Crippen molar-refractivity contribution in [3.05, 3.63) is 64.7 Å². The molecule has 0 bridgehead atoms. The Labute approximate surface area is 183 Å². The third-order valence-corrected chi connectivity index (χ3v) is 6.31. The lowest BCUT2D eigenvalue weighted by Crippen LogP contribution is -2.45. The highest BCUT2D eigenvalue weighted by Gasteiger charge is 2.29. The van der Waals surface area contributed by atoms with E-state index in [0.717, 1.165) is 31.5 Å². The van der Waals surface area contributed by atoms with Gasteiger partial charge in [0.05, 0.1) is 5.92 Å². The second kappa shape index (κ2) is 9.52. The highest BCUT2D eigenvalue weighted by atomic mass is 35.5. The molecule has 2 fully saturated rings. The molecule has 2 saturated heterocycles. The van der Waals surface area contributed by atoms with E-state index in [2.05, 4.69) is 28.4 Å². The maximum absolute atomic E-state index is 12.9. The summed E-state index contributed by atoms with van der Waals surface area (Å²) < 4.78 is 0. The van der Waals surface area contributed by atoms with Crippen molar-refractivity contribution >= 4 is 29.1 Å². The quantitative estimate of drug-likeness (QED) is 0.784. The fraction of sp³-hybridized carbons (Fsp3) is 0.417. The number of hydrogen-bond donors (Lipinski definition) is 1. The molecule has 5 nitrogen and oxygen atoms in total. The molecule has 0 spiro atoms. The van der Waals surface area contributed by atoms with Gasteiger partial charge >= 0.3 is 0 Å². The zero-order valence-electron chi connectivity index (χ0n) is 17.1. The maximum atomic E-state index is 12.9. The number of carbonyl (C=O) groups excluding carboxylic acids is 2. The third kappa shape index (κ3) is 4.78. The van der Waals surface area contributed by atoms with Crippen LogP contribution in [0, 0.1) is 5.92 Å². The van der Waals surface area contributed by atoms with E-state index in [1.54, 1.807) is 29.2 Å². The summed E-state index contributed by atoms with van der Waals surface area (Å²) in [6, 6.07) is 15.2. The van der Waals surface area contributed by atoms with E-state index in [9.17, 15) is 9.59 Å². The van der Waals surface area contributed by atoms with Gasteiger partial charge in [0.1, 0.15) is 0 Å². The predicted molar refractivity (Wildman–Crippen MR) is 120 cm³/mol. The van der Waals surface area contributed by atoms with Crippen LogP contribution < -0.4 is 10.2 Å². The van der Waals surface area contributed by atoms with Crippen LogP contribution in [0.15, 0.2) is 48.5 Å². The lowest BCUT2D eigenvalue weighted by atomic mass is 9.96. The monoisotopic (exact) mass is 425 g/mol. The van der Waals surface area contributed by atoms with E-state index in [4.69, 9.17) is 11.6 Å². The van der Waals surface area contributed by atoms with E-state index in [0.29, 0.717) is 30.2 Å². The minimum atomic E-state index is -0.172. The Bertz CT molecular complexity index is 894. The lowest BCUT2D eigenvalue weighted by molar-refractivity contribution is -0.126. The van der Waals surface area contributed by atoms with E-state index in [-0.39, 0.29) is 17.7 Å². The molecule has 1 unspecified atom stereocenters. The molecule has 1 N–H and O–H groups in total. The highest BCUT2D eigenvalue weighted by molar-refractivity contribution is 6.30. The topological polar surface area (TPSA) is 52.7 Å². The number of halogens is 1. The Balaban J connectivity index is 1.36. The van der Waals surface area contributed by atoms with Crippen LogP contribution in [0.1, 0.15) is 41.6 Å². The van der Waals surface area contributed by atoms with E-state index < -0.39 is 0 Å². The van der Waals surface area contributed by atoms with Crippen LogP contribution in [0.2, 0.25) is 5.02 Å². The van der Waals surface area contributed by atoms with Gasteiger partial charge in [-0.3, -0.25) is 9.59 Å². The number of piperidine rings is 1. The first-order valence-electron chi connectivity index (χ1n) is 10.8. The molecule has 2 heterocycles. The molecule has 0 aliphatic carbocycles. The molecule has 6 heteroatoms. The summed E-state index contributed by atoms with van der Waals surface area (Å²) in [5.74, 6) is -0.183. The van der Waals surface area contributed by atoms with Crippen molar-refractivity contribution in [3.8, 4) is 0 Å². The molecular weight excluding hydrogens is 398 g/mol. The maximum Gasteiger partial charge on any atom is 0.253 e. The zero-order valence-corrected chi connectivity index (χ0v) is 17.9. The van der Waals surface area contributed by atoms with Crippen molar-refractivity contribution in [2.75, 3.05) is 31.1 Å². The van der Waals surface area contributed by atoms with Crippen LogP contribution >= 0.6 is 11.6 Å². The number of nitrogens with zero attached hydrogens (tertiary/aromatic N) is 2. The SMILES string of the molecule is O=C(NCc1ccccc1N1CCCC1)C1CCCN(C(=O)c2ccc(Cl)cc2)C1. The minimum Gasteiger partial charge on any atom is -0.371 e. The third-order valence-electron chi connectivity index (χ3n) is 6.06. The van der Waals surface area contributed by atoms with Crippen LogP contribution in [0.5, 0.6) is 0 Å². The number of carbonyl (C=O) groups is 2. The van der Waals surface area contributed by atoms with Crippen LogP contribution in [0.3, 0.4) is 0 Å². The van der Waals surface area contributed by atoms with Gasteiger partial charge in [-0.1, -0.05) is 29.8 Å². The van der Waals surface area contributed by atoms with Crippen molar-refractivity contribution in [1.29, 1.82) is 0 Å². The van der Waals surface area contributed by atoms with Crippen LogP contribution in [0.4, 0.5) is 5.69 Å². The number of hydrogen-bond acceptors (Lipinski definition) is 3. The second-order valence-electron chi connectivity index (χ2n) is 8.14. The van der Waals surface area contributed by atoms with E-state index in [1.807, 2.05) is 6.07 Å². The fourth-order valence-electron chi connectivity index (χ4n) is 4.40. The van der Waals surface area contributed by atoms with Gasteiger partial charge in [-0.05, 0) is 61.6 Å². The molecule has 2 aromatic rings. The zero-order chi connectivity index (χ0) is 20.9. The van der Waals surface area contributed by atoms with Gasteiger partial charge < -0.3 is 15.1 Å². The molecule has 2 amide bonds. The van der Waals surface area contributed by atoms with Crippen molar-refractivity contribution in [2.45, 2.75) is 32.2 Å². The van der Waals surface area contributed by atoms with Gasteiger partial charge in [0.25, 0.3) is 5.91 Å². The Hall–Kier alpha value is -2.53. The van der Waals surface area contributed by atoms with Gasteiger partial charge in [0.2, 0.25) is 5.91 Å². The minimum absolute atomic E-state index is 0.0276. The molecule has 2 aromatic carbocycles. The van der Waals surface area contributed by atoms with E-state index in [1.165, 1.54) is 18.5 Å². The summed E-state index contributed by atoms with van der Waals surface area (Å²) in [7, 11) is 0. The molecule has 30 heavy (non-hydrogen) atoms. The predicted octanol–water partition coefficient (Wildman–Crippen LogP) is 4.11. The Morgan fingerprint density at radius 3 is 2.47 bits per heavy atom. The van der Waals surface area contributed by atoms with Gasteiger partial charge in [0.15, 0.2) is 0 Å². The summed E-state index contributed by atoms with van der Waals surface area (Å²) in [5, 5.41) is 3.73. The average Bonchev–Trinajstić information content (AvgIpc) is 3.32. The average molecular weight is 426 g/mol. The number of amides is 2. The van der Waals surface area contributed by atoms with Crippen LogP contribution in [-0.2, 0) is 11.3 Å². The standard InChI is InChI=1S/C24H28ClN3O2/c25-21-11-9-18(10-12-21)24(30)28-15-5-7-20(17-28)23(29)26-16-19-6-1-2-8-22(19)27-13-3-4-14-27/h1-2,6,8-12,20H,3-5,7,13-17H2,(H,26,29). The Kier molecular flexibility index (Phi) is 6.58. The summed E-state index contributed by atoms with van der Waals surface area (Å²) in [5.41, 5.74) is 2.98. The summed E-state index contributed by atoms with van der Waals surface area (Å²) in [6.45, 7) is 3.82. The number of benzene rings is 2. The van der Waals surface area contributed by atoms with Crippen LogP contribution in [-0.4, -0.2) is 42.9 Å². The number of rotatable bonds is 5. The molecule has 1 atom stereocenters. The molecule has 2 aliphatic rings. The Morgan fingerprint density at radius 2 is 1.70 bits per heavy atom. The number of nitrogens with one attached hydrogen (secondary N) is 1. The lowest BCUT2D eigenvalue weighted by Gasteiger charge is -2.32. The fourth-order valence-corrected chi connectivity index (χ4v) is 4.53. The summed E-state index contributed by atoms with van der Waals surface area (Å²) >= 11 is 5.92. The first-order valence-corrected chi connectivity index (χ1v) is 11.1. The van der Waals surface area contributed by atoms with Crippen molar-refractivity contribution in [2.24, 2.45) is 5.92 Å². The van der Waals surface area contributed by atoms with Gasteiger partial charge in [0, 0.05) is 49.0 Å². The smallest absolute Gasteiger partial charge is 0.253 e. The molecule has 2 aliphatic heterocycles. The normalized spacial score (nSPS) is 19.0. The Morgan fingerprint density at radius 1 is 0.967 bits per heavy atom. The first kappa shape index (κ1) is 20.7. The van der Waals surface area contributed by atoms with Gasteiger partial charge in [-0.2, -0.15) is 0 Å². The summed E-state index contributed by atoms with van der Waals surface area (Å²) in [4.78, 5) is 29.9. The highest BCUT2D eigenvalue weighted by Crippen LogP contribution is 2.25. The van der Waals surface area contributed by atoms with Crippen molar-refractivity contribution in [1.82, 2.24) is 10.2 Å². The van der Waals surface area contributed by atoms with Crippen LogP contribution in [0.25, 0.3) is 0 Å². The molecular formula is C24H28ClN3O2.